The van der Waals surface area contributed by atoms with Crippen molar-refractivity contribution in [3.05, 3.63) is 0 Å². The monoisotopic (exact) mass is 241 g/mol. The van der Waals surface area contributed by atoms with Crippen LogP contribution in [0.3, 0.4) is 0 Å². The number of imide groups is 1. The Morgan fingerprint density at radius 2 is 2.24 bits per heavy atom. The zero-order valence-corrected chi connectivity index (χ0v) is 10.2. The molecule has 1 aliphatic heterocycles. The van der Waals surface area contributed by atoms with Crippen molar-refractivity contribution in [1.82, 2.24) is 10.2 Å². The van der Waals surface area contributed by atoms with Gasteiger partial charge in [-0.15, -0.1) is 0 Å². The summed E-state index contributed by atoms with van der Waals surface area (Å²) in [6.07, 6.45) is 1.57. The lowest BCUT2D eigenvalue weighted by Gasteiger charge is -2.28. The highest BCUT2D eigenvalue weighted by Gasteiger charge is 2.32. The zero-order valence-electron chi connectivity index (χ0n) is 10.2. The third kappa shape index (κ3) is 3.52. The maximum Gasteiger partial charge on any atom is 0.251 e. The standard InChI is InChI=1S/C11H19N3O3/c1-3-7(12)6-9(15)13-8-4-5-10(16)14(2)11(8)17/h7-8H,3-6,12H2,1-2H3,(H,13,15). The van der Waals surface area contributed by atoms with Gasteiger partial charge >= 0.3 is 0 Å². The number of nitrogens with one attached hydrogen (secondary N) is 1. The van der Waals surface area contributed by atoms with Crippen LogP contribution >= 0.6 is 0 Å². The van der Waals surface area contributed by atoms with Gasteiger partial charge in [0.25, 0.3) is 5.91 Å². The molecule has 2 atom stereocenters. The minimum Gasteiger partial charge on any atom is -0.344 e. The first-order valence-corrected chi connectivity index (χ1v) is 5.81. The fraction of sp³-hybridized carbons (Fsp3) is 0.727. The summed E-state index contributed by atoms with van der Waals surface area (Å²) in [5.41, 5.74) is 5.65. The predicted octanol–water partition coefficient (Wildman–Crippen LogP) is -0.623. The summed E-state index contributed by atoms with van der Waals surface area (Å²) >= 11 is 0. The zero-order chi connectivity index (χ0) is 13.0. The summed E-state index contributed by atoms with van der Waals surface area (Å²) < 4.78 is 0. The quantitative estimate of drug-likeness (QED) is 0.641. The highest BCUT2D eigenvalue weighted by atomic mass is 16.2. The highest BCUT2D eigenvalue weighted by molar-refractivity contribution is 6.01. The van der Waals surface area contributed by atoms with Crippen LogP contribution in [0, 0.1) is 0 Å². The van der Waals surface area contributed by atoms with Gasteiger partial charge in [0.2, 0.25) is 11.8 Å². The Hall–Kier alpha value is -1.43. The molecule has 0 radical (unpaired) electrons. The molecule has 0 aromatic carbocycles. The van der Waals surface area contributed by atoms with Crippen molar-refractivity contribution in [2.45, 2.75) is 44.7 Å². The third-order valence-electron chi connectivity index (χ3n) is 2.96. The molecule has 17 heavy (non-hydrogen) atoms. The van der Waals surface area contributed by atoms with E-state index in [2.05, 4.69) is 5.32 Å². The van der Waals surface area contributed by atoms with E-state index in [1.807, 2.05) is 6.92 Å². The van der Waals surface area contributed by atoms with Crippen molar-refractivity contribution in [3.63, 3.8) is 0 Å². The Kier molecular flexibility index (Phi) is 4.62. The van der Waals surface area contributed by atoms with Gasteiger partial charge in [-0.2, -0.15) is 0 Å². The van der Waals surface area contributed by atoms with Crippen LogP contribution in [0.5, 0.6) is 0 Å². The fourth-order valence-electron chi connectivity index (χ4n) is 1.69. The number of hydrogen-bond acceptors (Lipinski definition) is 4. The normalized spacial score (nSPS) is 22.5. The van der Waals surface area contributed by atoms with E-state index in [0.29, 0.717) is 12.8 Å². The van der Waals surface area contributed by atoms with E-state index in [4.69, 9.17) is 5.73 Å². The van der Waals surface area contributed by atoms with Gasteiger partial charge in [0.05, 0.1) is 0 Å². The van der Waals surface area contributed by atoms with Gasteiger partial charge in [-0.1, -0.05) is 6.92 Å². The second-order valence-electron chi connectivity index (χ2n) is 4.32. The molecule has 0 aliphatic carbocycles. The molecule has 1 heterocycles. The molecule has 0 aromatic heterocycles. The number of likely N-dealkylation sites (N-methyl/N-ethyl adjacent to an activating group) is 1. The molecule has 0 spiro atoms. The van der Waals surface area contributed by atoms with Gasteiger partial charge in [-0.3, -0.25) is 19.3 Å². The summed E-state index contributed by atoms with van der Waals surface area (Å²) in [5.74, 6) is -0.786. The number of nitrogens with zero attached hydrogens (tertiary/aromatic N) is 1. The molecule has 1 saturated heterocycles. The maximum atomic E-state index is 11.7. The minimum absolute atomic E-state index is 0.187. The van der Waals surface area contributed by atoms with Crippen LogP contribution in [0.4, 0.5) is 0 Å². The number of carbonyl (C=O) groups is 3. The molecular formula is C11H19N3O3. The highest BCUT2D eigenvalue weighted by Crippen LogP contribution is 2.11. The van der Waals surface area contributed by atoms with Crippen LogP contribution < -0.4 is 11.1 Å². The van der Waals surface area contributed by atoms with Crippen LogP contribution in [-0.4, -0.2) is 41.8 Å². The van der Waals surface area contributed by atoms with Crippen molar-refractivity contribution >= 4 is 17.7 Å². The van der Waals surface area contributed by atoms with Crippen molar-refractivity contribution in [3.8, 4) is 0 Å². The Balaban J connectivity index is 2.49. The predicted molar refractivity (Wildman–Crippen MR) is 61.8 cm³/mol. The van der Waals surface area contributed by atoms with Gasteiger partial charge in [-0.05, 0) is 12.8 Å². The van der Waals surface area contributed by atoms with E-state index >= 15 is 0 Å². The summed E-state index contributed by atoms with van der Waals surface area (Å²) in [7, 11) is 1.43. The number of likely N-dealkylation sites (tertiary alicyclic amines) is 1. The first-order chi connectivity index (χ1) is 7.95. The average Bonchev–Trinajstić information content (AvgIpc) is 2.29. The van der Waals surface area contributed by atoms with Crippen molar-refractivity contribution in [1.29, 1.82) is 0 Å². The Bertz CT molecular complexity index is 330. The molecule has 1 rings (SSSR count). The van der Waals surface area contributed by atoms with Gasteiger partial charge < -0.3 is 11.1 Å². The van der Waals surface area contributed by atoms with Crippen LogP contribution in [0.25, 0.3) is 0 Å². The number of carbonyl (C=O) groups excluding carboxylic acids is 3. The van der Waals surface area contributed by atoms with Crippen molar-refractivity contribution in [2.75, 3.05) is 7.05 Å². The van der Waals surface area contributed by atoms with Crippen LogP contribution in [0.15, 0.2) is 0 Å². The first kappa shape index (κ1) is 13.6. The molecular weight excluding hydrogens is 222 g/mol. The lowest BCUT2D eigenvalue weighted by molar-refractivity contribution is -0.149. The van der Waals surface area contributed by atoms with E-state index in [0.717, 1.165) is 4.90 Å². The molecule has 0 aromatic rings. The molecule has 2 unspecified atom stereocenters. The summed E-state index contributed by atoms with van der Waals surface area (Å²) in [6, 6.07) is -0.776. The second-order valence-corrected chi connectivity index (χ2v) is 4.32. The summed E-state index contributed by atoms with van der Waals surface area (Å²) in [4.78, 5) is 35.5. The number of rotatable bonds is 4. The maximum absolute atomic E-state index is 11.7. The number of nitrogens with two attached hydrogens (primary N) is 1. The van der Waals surface area contributed by atoms with E-state index in [1.54, 1.807) is 0 Å². The van der Waals surface area contributed by atoms with Gasteiger partial charge in [-0.25, -0.2) is 0 Å². The third-order valence-corrected chi connectivity index (χ3v) is 2.96. The SMILES string of the molecule is CCC(N)CC(=O)NC1CCC(=O)N(C)C1=O. The minimum atomic E-state index is -0.589. The largest absolute Gasteiger partial charge is 0.344 e. The molecule has 96 valence electrons. The van der Waals surface area contributed by atoms with Gasteiger partial charge in [0, 0.05) is 25.9 Å². The van der Waals surface area contributed by atoms with Crippen LogP contribution in [-0.2, 0) is 14.4 Å². The summed E-state index contributed by atoms with van der Waals surface area (Å²) in [5, 5.41) is 2.62. The fourth-order valence-corrected chi connectivity index (χ4v) is 1.69. The number of piperidine rings is 1. The second kappa shape index (κ2) is 5.77. The van der Waals surface area contributed by atoms with E-state index < -0.39 is 6.04 Å². The van der Waals surface area contributed by atoms with E-state index in [9.17, 15) is 14.4 Å². The Labute approximate surface area is 101 Å². The molecule has 1 aliphatic rings. The molecule has 0 bridgehead atoms. The van der Waals surface area contributed by atoms with Gasteiger partial charge in [0.1, 0.15) is 6.04 Å². The van der Waals surface area contributed by atoms with E-state index in [-0.39, 0.29) is 36.6 Å². The summed E-state index contributed by atoms with van der Waals surface area (Å²) in [6.45, 7) is 1.90. The smallest absolute Gasteiger partial charge is 0.251 e. The van der Waals surface area contributed by atoms with Crippen LogP contribution in [0.1, 0.15) is 32.6 Å². The van der Waals surface area contributed by atoms with E-state index in [1.165, 1.54) is 7.05 Å². The van der Waals surface area contributed by atoms with Crippen LogP contribution in [0.2, 0.25) is 0 Å². The number of amides is 3. The molecule has 0 saturated carbocycles. The lowest BCUT2D eigenvalue weighted by Crippen LogP contribution is -2.53. The van der Waals surface area contributed by atoms with Crippen molar-refractivity contribution < 1.29 is 14.4 Å². The topological polar surface area (TPSA) is 92.5 Å². The first-order valence-electron chi connectivity index (χ1n) is 5.81. The number of hydrogen-bond donors (Lipinski definition) is 2. The molecule has 6 nitrogen and oxygen atoms in total. The Morgan fingerprint density at radius 1 is 1.59 bits per heavy atom. The molecule has 1 fully saturated rings. The average molecular weight is 241 g/mol. The molecule has 6 heteroatoms. The lowest BCUT2D eigenvalue weighted by atomic mass is 10.0. The molecule has 3 amide bonds. The van der Waals surface area contributed by atoms with Crippen molar-refractivity contribution in [2.24, 2.45) is 5.73 Å². The van der Waals surface area contributed by atoms with Gasteiger partial charge in [0.15, 0.2) is 0 Å². The Morgan fingerprint density at radius 3 is 2.82 bits per heavy atom. The molecule has 3 N–H and O–H groups in total.